The molecule has 0 N–H and O–H groups in total. The maximum atomic E-state index is 13.9. The second-order valence-corrected chi connectivity index (χ2v) is 7.86. The number of hydrogen-bond acceptors (Lipinski definition) is 3. The van der Waals surface area contributed by atoms with E-state index in [0.717, 1.165) is 19.5 Å². The number of rotatable bonds is 4. The van der Waals surface area contributed by atoms with E-state index in [-0.39, 0.29) is 4.90 Å². The Bertz CT molecular complexity index is 781. The average molecular weight is 348 g/mol. The molecule has 2 aromatic carbocycles. The van der Waals surface area contributed by atoms with Gasteiger partial charge in [0.25, 0.3) is 0 Å². The van der Waals surface area contributed by atoms with Gasteiger partial charge in [-0.25, -0.2) is 12.8 Å². The fourth-order valence-corrected chi connectivity index (χ4v) is 4.51. The fourth-order valence-electron chi connectivity index (χ4n) is 2.98. The minimum absolute atomic E-state index is 0.235. The zero-order valence-corrected chi connectivity index (χ0v) is 14.3. The van der Waals surface area contributed by atoms with E-state index < -0.39 is 15.8 Å². The molecule has 4 nitrogen and oxygen atoms in total. The maximum Gasteiger partial charge on any atom is 0.246 e. The number of halogens is 1. The van der Waals surface area contributed by atoms with Crippen LogP contribution in [0.3, 0.4) is 0 Å². The van der Waals surface area contributed by atoms with E-state index in [1.165, 1.54) is 28.1 Å². The Balaban J connectivity index is 1.70. The minimum atomic E-state index is -3.78. The predicted octanol–water partition coefficient (Wildman–Crippen LogP) is 2.72. The molecule has 6 heteroatoms. The molecule has 2 aromatic rings. The van der Waals surface area contributed by atoms with Crippen molar-refractivity contribution >= 4 is 10.0 Å². The molecule has 1 heterocycles. The first-order chi connectivity index (χ1) is 11.6. The van der Waals surface area contributed by atoms with Crippen molar-refractivity contribution in [2.24, 2.45) is 0 Å². The highest BCUT2D eigenvalue weighted by molar-refractivity contribution is 7.89. The van der Waals surface area contributed by atoms with Crippen molar-refractivity contribution in [2.45, 2.75) is 17.9 Å². The third-order valence-corrected chi connectivity index (χ3v) is 6.18. The lowest BCUT2D eigenvalue weighted by molar-refractivity contribution is 0.278. The summed E-state index contributed by atoms with van der Waals surface area (Å²) in [7, 11) is -3.78. The summed E-state index contributed by atoms with van der Waals surface area (Å²) in [6, 6.07) is 15.7. The summed E-state index contributed by atoms with van der Waals surface area (Å²) in [6.07, 6.45) is 0.737. The topological polar surface area (TPSA) is 40.6 Å². The van der Waals surface area contributed by atoms with Crippen LogP contribution in [0.25, 0.3) is 0 Å². The molecule has 3 rings (SSSR count). The second-order valence-electron chi connectivity index (χ2n) is 5.95. The molecule has 0 saturated carbocycles. The first-order valence-corrected chi connectivity index (χ1v) is 9.52. The largest absolute Gasteiger partial charge is 0.298 e. The smallest absolute Gasteiger partial charge is 0.246 e. The van der Waals surface area contributed by atoms with Gasteiger partial charge in [0, 0.05) is 26.2 Å². The number of benzene rings is 2. The summed E-state index contributed by atoms with van der Waals surface area (Å²) in [5, 5.41) is 0. The minimum Gasteiger partial charge on any atom is -0.298 e. The molecular weight excluding hydrogens is 327 g/mol. The summed E-state index contributed by atoms with van der Waals surface area (Å²) >= 11 is 0. The molecule has 0 unspecified atom stereocenters. The van der Waals surface area contributed by atoms with E-state index in [9.17, 15) is 12.8 Å². The molecule has 0 amide bonds. The zero-order chi connectivity index (χ0) is 17.0. The highest BCUT2D eigenvalue weighted by Crippen LogP contribution is 2.20. The Hall–Kier alpha value is -1.76. The Kier molecular flexibility index (Phi) is 5.28. The van der Waals surface area contributed by atoms with Crippen LogP contribution in [0.2, 0.25) is 0 Å². The van der Waals surface area contributed by atoms with Crippen LogP contribution in [0.15, 0.2) is 59.5 Å². The van der Waals surface area contributed by atoms with Crippen molar-refractivity contribution in [2.75, 3.05) is 26.2 Å². The molecule has 1 aliphatic heterocycles. The molecule has 24 heavy (non-hydrogen) atoms. The standard InChI is InChI=1S/C18H21FN2O2S/c19-17-9-4-5-10-18(17)24(22,23)21-12-6-11-20(13-14-21)15-16-7-2-1-3-8-16/h1-5,7-10H,6,11-15H2. The fraction of sp³-hybridized carbons (Fsp3) is 0.333. The summed E-state index contributed by atoms with van der Waals surface area (Å²) < 4.78 is 40.7. The number of sulfonamides is 1. The molecular formula is C18H21FN2O2S. The Labute approximate surface area is 142 Å². The zero-order valence-electron chi connectivity index (χ0n) is 13.4. The maximum absolute atomic E-state index is 13.9. The van der Waals surface area contributed by atoms with Crippen molar-refractivity contribution in [1.29, 1.82) is 0 Å². The number of nitrogens with zero attached hydrogens (tertiary/aromatic N) is 2. The van der Waals surface area contributed by atoms with Gasteiger partial charge in [-0.15, -0.1) is 0 Å². The predicted molar refractivity (Wildman–Crippen MR) is 91.5 cm³/mol. The summed E-state index contributed by atoms with van der Waals surface area (Å²) in [6.45, 7) is 3.07. The van der Waals surface area contributed by atoms with Crippen molar-refractivity contribution in [1.82, 2.24) is 9.21 Å². The second kappa shape index (κ2) is 7.42. The average Bonchev–Trinajstić information content (AvgIpc) is 2.82. The normalized spacial score (nSPS) is 17.5. The molecule has 128 valence electrons. The molecule has 0 spiro atoms. The van der Waals surface area contributed by atoms with Crippen LogP contribution in [0, 0.1) is 5.82 Å². The molecule has 0 radical (unpaired) electrons. The van der Waals surface area contributed by atoms with Crippen LogP contribution < -0.4 is 0 Å². The Morgan fingerprint density at radius 3 is 2.33 bits per heavy atom. The van der Waals surface area contributed by atoms with E-state index in [0.29, 0.717) is 19.6 Å². The lowest BCUT2D eigenvalue weighted by Crippen LogP contribution is -2.35. The van der Waals surface area contributed by atoms with E-state index in [1.807, 2.05) is 18.2 Å². The van der Waals surface area contributed by atoms with Gasteiger partial charge >= 0.3 is 0 Å². The van der Waals surface area contributed by atoms with Crippen molar-refractivity contribution in [3.05, 3.63) is 66.0 Å². The Morgan fingerprint density at radius 2 is 1.58 bits per heavy atom. The third kappa shape index (κ3) is 3.83. The van der Waals surface area contributed by atoms with E-state index in [4.69, 9.17) is 0 Å². The van der Waals surface area contributed by atoms with Gasteiger partial charge in [-0.05, 0) is 30.7 Å². The molecule has 1 saturated heterocycles. The van der Waals surface area contributed by atoms with Crippen molar-refractivity contribution < 1.29 is 12.8 Å². The van der Waals surface area contributed by atoms with Gasteiger partial charge in [0.15, 0.2) is 0 Å². The van der Waals surface area contributed by atoms with Gasteiger partial charge in [0.1, 0.15) is 10.7 Å². The van der Waals surface area contributed by atoms with Gasteiger partial charge < -0.3 is 0 Å². The van der Waals surface area contributed by atoms with Crippen LogP contribution in [-0.2, 0) is 16.6 Å². The van der Waals surface area contributed by atoms with Crippen LogP contribution in [-0.4, -0.2) is 43.8 Å². The van der Waals surface area contributed by atoms with Gasteiger partial charge in [-0.2, -0.15) is 4.31 Å². The summed E-state index contributed by atoms with van der Waals surface area (Å²) in [5.74, 6) is -0.692. The molecule has 1 fully saturated rings. The Morgan fingerprint density at radius 1 is 0.875 bits per heavy atom. The summed E-state index contributed by atoms with van der Waals surface area (Å²) in [4.78, 5) is 2.01. The molecule has 0 atom stereocenters. The van der Waals surface area contributed by atoms with Crippen LogP contribution >= 0.6 is 0 Å². The molecule has 0 aromatic heterocycles. The first kappa shape index (κ1) is 17.1. The third-order valence-electron chi connectivity index (χ3n) is 4.25. The lowest BCUT2D eigenvalue weighted by Gasteiger charge is -2.22. The summed E-state index contributed by atoms with van der Waals surface area (Å²) in [5.41, 5.74) is 1.21. The number of hydrogen-bond donors (Lipinski definition) is 0. The first-order valence-electron chi connectivity index (χ1n) is 8.08. The lowest BCUT2D eigenvalue weighted by atomic mass is 10.2. The van der Waals surface area contributed by atoms with E-state index >= 15 is 0 Å². The quantitative estimate of drug-likeness (QED) is 0.853. The van der Waals surface area contributed by atoms with Crippen LogP contribution in [0.4, 0.5) is 4.39 Å². The van der Waals surface area contributed by atoms with Crippen LogP contribution in [0.1, 0.15) is 12.0 Å². The van der Waals surface area contributed by atoms with Gasteiger partial charge in [0.05, 0.1) is 0 Å². The van der Waals surface area contributed by atoms with Crippen molar-refractivity contribution in [3.63, 3.8) is 0 Å². The van der Waals surface area contributed by atoms with Gasteiger partial charge in [0.2, 0.25) is 10.0 Å². The van der Waals surface area contributed by atoms with Crippen molar-refractivity contribution in [3.8, 4) is 0 Å². The highest BCUT2D eigenvalue weighted by atomic mass is 32.2. The highest BCUT2D eigenvalue weighted by Gasteiger charge is 2.28. The molecule has 0 bridgehead atoms. The van der Waals surface area contributed by atoms with Gasteiger partial charge in [-0.3, -0.25) is 4.90 Å². The molecule has 0 aliphatic carbocycles. The van der Waals surface area contributed by atoms with Crippen LogP contribution in [0.5, 0.6) is 0 Å². The SMILES string of the molecule is O=S(=O)(c1ccccc1F)N1CCCN(Cc2ccccc2)CC1. The molecule has 1 aliphatic rings. The monoisotopic (exact) mass is 348 g/mol. The van der Waals surface area contributed by atoms with Gasteiger partial charge in [-0.1, -0.05) is 42.5 Å². The van der Waals surface area contributed by atoms with E-state index in [1.54, 1.807) is 6.07 Å². The van der Waals surface area contributed by atoms with E-state index in [2.05, 4.69) is 17.0 Å².